The molecule has 0 saturated heterocycles. The van der Waals surface area contributed by atoms with Crippen molar-refractivity contribution in [3.8, 4) is 6.07 Å². The predicted octanol–water partition coefficient (Wildman–Crippen LogP) is 3.50. The molecule has 1 aromatic rings. The highest BCUT2D eigenvalue weighted by molar-refractivity contribution is 5.57. The topological polar surface area (TPSA) is 39.1 Å². The van der Waals surface area contributed by atoms with Crippen molar-refractivity contribution in [2.75, 3.05) is 18.0 Å². The maximum Gasteiger partial charge on any atom is 0.104 e. The van der Waals surface area contributed by atoms with E-state index in [0.717, 1.165) is 32.4 Å². The molecule has 1 aliphatic heterocycles. The van der Waals surface area contributed by atoms with Gasteiger partial charge in [0.1, 0.15) is 5.54 Å². The van der Waals surface area contributed by atoms with Crippen LogP contribution in [0, 0.1) is 11.3 Å². The summed E-state index contributed by atoms with van der Waals surface area (Å²) in [5.41, 5.74) is 2.48. The van der Waals surface area contributed by atoms with E-state index in [9.17, 15) is 5.26 Å². The molecular formula is C18H27N3. The summed E-state index contributed by atoms with van der Waals surface area (Å²) < 4.78 is 0. The Hall–Kier alpha value is -1.53. The maximum atomic E-state index is 9.35. The number of nitrogens with zero attached hydrogens (tertiary/aromatic N) is 2. The number of rotatable bonds is 7. The number of para-hydroxylation sites is 1. The van der Waals surface area contributed by atoms with Crippen LogP contribution in [-0.2, 0) is 6.42 Å². The Balaban J connectivity index is 1.77. The van der Waals surface area contributed by atoms with E-state index in [1.54, 1.807) is 0 Å². The first-order chi connectivity index (χ1) is 10.0. The van der Waals surface area contributed by atoms with Crippen LogP contribution in [0.5, 0.6) is 0 Å². The van der Waals surface area contributed by atoms with Crippen LogP contribution in [0.3, 0.4) is 0 Å². The zero-order valence-electron chi connectivity index (χ0n) is 13.5. The van der Waals surface area contributed by atoms with Crippen molar-refractivity contribution in [1.29, 1.82) is 5.26 Å². The molecule has 1 unspecified atom stereocenters. The molecule has 0 aliphatic carbocycles. The van der Waals surface area contributed by atoms with Gasteiger partial charge in [-0.25, -0.2) is 0 Å². The van der Waals surface area contributed by atoms with Gasteiger partial charge in [0.2, 0.25) is 0 Å². The normalized spacial score (nSPS) is 16.6. The predicted molar refractivity (Wildman–Crippen MR) is 88.5 cm³/mol. The van der Waals surface area contributed by atoms with Crippen LogP contribution < -0.4 is 10.2 Å². The fraction of sp³-hybridized carbons (Fsp3) is 0.611. The maximum absolute atomic E-state index is 9.35. The number of nitrogens with one attached hydrogen (secondary N) is 1. The number of benzene rings is 1. The first-order valence-corrected chi connectivity index (χ1v) is 8.06. The smallest absolute Gasteiger partial charge is 0.104 e. The number of unbranched alkanes of at least 4 members (excludes halogenated alkanes) is 1. The Morgan fingerprint density at radius 2 is 2.10 bits per heavy atom. The minimum Gasteiger partial charge on any atom is -0.371 e. The summed E-state index contributed by atoms with van der Waals surface area (Å²) in [4.78, 5) is 2.48. The number of nitriles is 1. The lowest BCUT2D eigenvalue weighted by Gasteiger charge is -2.26. The molecule has 0 spiro atoms. The van der Waals surface area contributed by atoms with Crippen LogP contribution in [0.4, 0.5) is 5.69 Å². The third-order valence-electron chi connectivity index (χ3n) is 4.19. The highest BCUT2D eigenvalue weighted by Crippen LogP contribution is 2.27. The monoisotopic (exact) mass is 285 g/mol. The Morgan fingerprint density at radius 3 is 2.81 bits per heavy atom. The largest absolute Gasteiger partial charge is 0.371 e. The summed E-state index contributed by atoms with van der Waals surface area (Å²) in [6.07, 6.45) is 4.31. The molecule has 2 rings (SSSR count). The zero-order chi connectivity index (χ0) is 15.3. The highest BCUT2D eigenvalue weighted by atomic mass is 15.1. The molecule has 0 radical (unpaired) electrons. The van der Waals surface area contributed by atoms with Crippen LogP contribution in [0.15, 0.2) is 24.3 Å². The molecule has 3 nitrogen and oxygen atoms in total. The third kappa shape index (κ3) is 4.22. The van der Waals surface area contributed by atoms with Gasteiger partial charge < -0.3 is 4.90 Å². The summed E-state index contributed by atoms with van der Waals surface area (Å²) >= 11 is 0. The van der Waals surface area contributed by atoms with Crippen LogP contribution >= 0.6 is 0 Å². The summed E-state index contributed by atoms with van der Waals surface area (Å²) in [5, 5.41) is 12.7. The van der Waals surface area contributed by atoms with E-state index in [4.69, 9.17) is 0 Å². The van der Waals surface area contributed by atoms with E-state index >= 15 is 0 Å². The van der Waals surface area contributed by atoms with E-state index in [-0.39, 0.29) is 0 Å². The van der Waals surface area contributed by atoms with Gasteiger partial charge in [-0.15, -0.1) is 0 Å². The average molecular weight is 285 g/mol. The van der Waals surface area contributed by atoms with Crippen molar-refractivity contribution in [2.45, 2.75) is 58.0 Å². The lowest BCUT2D eigenvalue weighted by molar-refractivity contribution is 0.370. The van der Waals surface area contributed by atoms with Gasteiger partial charge in [-0.05, 0) is 58.1 Å². The molecule has 1 heterocycles. The molecule has 114 valence electrons. The van der Waals surface area contributed by atoms with Crippen molar-refractivity contribution in [3.05, 3.63) is 29.8 Å². The Kier molecular flexibility index (Phi) is 5.25. The average Bonchev–Trinajstić information content (AvgIpc) is 2.86. The summed E-state index contributed by atoms with van der Waals surface area (Å²) in [6, 6.07) is 11.5. The number of hydrogen-bond donors (Lipinski definition) is 1. The lowest BCUT2D eigenvalue weighted by Crippen LogP contribution is -2.44. The molecule has 1 aliphatic rings. The van der Waals surface area contributed by atoms with Crippen LogP contribution in [-0.4, -0.2) is 24.7 Å². The second-order valence-corrected chi connectivity index (χ2v) is 6.57. The lowest BCUT2D eigenvalue weighted by atomic mass is 9.95. The van der Waals surface area contributed by atoms with E-state index in [2.05, 4.69) is 54.4 Å². The molecule has 0 bridgehead atoms. The minimum atomic E-state index is -0.392. The number of fused-ring (bicyclic) bond motifs is 1. The molecule has 0 aromatic heterocycles. The van der Waals surface area contributed by atoms with Gasteiger partial charge >= 0.3 is 0 Å². The van der Waals surface area contributed by atoms with E-state index in [1.807, 2.05) is 6.92 Å². The fourth-order valence-electron chi connectivity index (χ4n) is 3.22. The minimum absolute atomic E-state index is 0.347. The number of anilines is 1. The SMILES string of the molecule is CC(C)NC(C)(C#N)CCCCN1CCc2ccccc21. The van der Waals surface area contributed by atoms with E-state index in [1.165, 1.54) is 17.7 Å². The first-order valence-electron chi connectivity index (χ1n) is 8.06. The zero-order valence-corrected chi connectivity index (χ0v) is 13.5. The van der Waals surface area contributed by atoms with Gasteiger partial charge in [0.15, 0.2) is 0 Å². The van der Waals surface area contributed by atoms with Gasteiger partial charge in [0, 0.05) is 24.8 Å². The summed E-state index contributed by atoms with van der Waals surface area (Å²) in [5.74, 6) is 0. The molecule has 1 aromatic carbocycles. The van der Waals surface area contributed by atoms with Crippen LogP contribution in [0.25, 0.3) is 0 Å². The standard InChI is InChI=1S/C18H27N3/c1-15(2)20-18(3,14-19)11-6-7-12-21-13-10-16-8-4-5-9-17(16)21/h4-5,8-9,15,20H,6-7,10-13H2,1-3H3. The summed E-state index contributed by atoms with van der Waals surface area (Å²) in [7, 11) is 0. The molecule has 0 fully saturated rings. The van der Waals surface area contributed by atoms with Crippen LogP contribution in [0.2, 0.25) is 0 Å². The van der Waals surface area contributed by atoms with Crippen molar-refractivity contribution < 1.29 is 0 Å². The Labute approximate surface area is 129 Å². The molecule has 3 heteroatoms. The van der Waals surface area contributed by atoms with Crippen molar-refractivity contribution >= 4 is 5.69 Å². The number of hydrogen-bond acceptors (Lipinski definition) is 3. The van der Waals surface area contributed by atoms with Crippen LogP contribution in [0.1, 0.15) is 45.6 Å². The first kappa shape index (κ1) is 15.9. The third-order valence-corrected chi connectivity index (χ3v) is 4.19. The molecule has 1 N–H and O–H groups in total. The highest BCUT2D eigenvalue weighted by Gasteiger charge is 2.24. The molecule has 21 heavy (non-hydrogen) atoms. The van der Waals surface area contributed by atoms with E-state index < -0.39 is 5.54 Å². The Bertz CT molecular complexity index is 503. The summed E-state index contributed by atoms with van der Waals surface area (Å²) in [6.45, 7) is 8.44. The van der Waals surface area contributed by atoms with E-state index in [0.29, 0.717) is 6.04 Å². The molecular weight excluding hydrogens is 258 g/mol. The molecule has 0 saturated carbocycles. The van der Waals surface area contributed by atoms with Crippen molar-refractivity contribution in [3.63, 3.8) is 0 Å². The second kappa shape index (κ2) is 6.95. The van der Waals surface area contributed by atoms with Gasteiger partial charge in [-0.2, -0.15) is 5.26 Å². The quantitative estimate of drug-likeness (QED) is 0.779. The fourth-order valence-corrected chi connectivity index (χ4v) is 3.22. The molecule has 0 amide bonds. The van der Waals surface area contributed by atoms with Gasteiger partial charge in [-0.1, -0.05) is 18.2 Å². The molecule has 1 atom stereocenters. The van der Waals surface area contributed by atoms with Gasteiger partial charge in [-0.3, -0.25) is 5.32 Å². The second-order valence-electron chi connectivity index (χ2n) is 6.57. The van der Waals surface area contributed by atoms with Gasteiger partial charge in [0.25, 0.3) is 0 Å². The Morgan fingerprint density at radius 1 is 1.33 bits per heavy atom. The van der Waals surface area contributed by atoms with Crippen molar-refractivity contribution in [2.24, 2.45) is 0 Å². The van der Waals surface area contributed by atoms with Crippen molar-refractivity contribution in [1.82, 2.24) is 5.32 Å². The van der Waals surface area contributed by atoms with Gasteiger partial charge in [0.05, 0.1) is 6.07 Å².